The molecule has 1 aromatic carbocycles. The molecule has 1 aromatic rings. The number of carbonyl (C=O) groups is 2. The fraction of sp³-hybridized carbons (Fsp3) is 0.429. The molecule has 18 heavy (non-hydrogen) atoms. The molecule has 4 heteroatoms. The number of hydrogen-bond donors (Lipinski definition) is 1. The van der Waals surface area contributed by atoms with E-state index < -0.39 is 11.4 Å². The summed E-state index contributed by atoms with van der Waals surface area (Å²) in [6, 6.07) is 5.18. The first-order valence-electron chi connectivity index (χ1n) is 5.73. The summed E-state index contributed by atoms with van der Waals surface area (Å²) >= 11 is 5.97. The average molecular weight is 269 g/mol. The third-order valence-electron chi connectivity index (χ3n) is 2.84. The number of aliphatic carboxylic acids is 1. The van der Waals surface area contributed by atoms with E-state index in [0.717, 1.165) is 5.56 Å². The standard InChI is InChI=1S/C14H17ClO3/c1-9-10(5-4-6-11(9)15)12(16)7-14(2,3)8-13(17)18/h4-6H,7-8H2,1-3H3,(H,17,18). The van der Waals surface area contributed by atoms with Crippen LogP contribution in [0.2, 0.25) is 5.02 Å². The van der Waals surface area contributed by atoms with Gasteiger partial charge in [-0.3, -0.25) is 9.59 Å². The van der Waals surface area contributed by atoms with E-state index in [1.165, 1.54) is 0 Å². The molecule has 98 valence electrons. The summed E-state index contributed by atoms with van der Waals surface area (Å²) in [5, 5.41) is 9.35. The lowest BCUT2D eigenvalue weighted by atomic mass is 9.82. The minimum atomic E-state index is -0.893. The van der Waals surface area contributed by atoms with E-state index in [0.29, 0.717) is 10.6 Å². The van der Waals surface area contributed by atoms with Crippen molar-refractivity contribution in [3.05, 3.63) is 34.3 Å². The number of Topliss-reactive ketones (excluding diaryl/α,β-unsaturated/α-hetero) is 1. The Morgan fingerprint density at radius 1 is 1.28 bits per heavy atom. The highest BCUT2D eigenvalue weighted by Crippen LogP contribution is 2.29. The molecule has 3 nitrogen and oxygen atoms in total. The van der Waals surface area contributed by atoms with Crippen molar-refractivity contribution in [2.75, 3.05) is 0 Å². The van der Waals surface area contributed by atoms with Crippen LogP contribution in [0.15, 0.2) is 18.2 Å². The Morgan fingerprint density at radius 3 is 2.44 bits per heavy atom. The number of carbonyl (C=O) groups excluding carboxylic acids is 1. The molecular weight excluding hydrogens is 252 g/mol. The molecule has 0 atom stereocenters. The SMILES string of the molecule is Cc1c(Cl)cccc1C(=O)CC(C)(C)CC(=O)O. The van der Waals surface area contributed by atoms with Gasteiger partial charge in [0.2, 0.25) is 0 Å². The fourth-order valence-electron chi connectivity index (χ4n) is 1.91. The van der Waals surface area contributed by atoms with Crippen molar-refractivity contribution in [2.45, 2.75) is 33.6 Å². The van der Waals surface area contributed by atoms with Crippen molar-refractivity contribution in [1.82, 2.24) is 0 Å². The minimum Gasteiger partial charge on any atom is -0.481 e. The maximum atomic E-state index is 12.2. The summed E-state index contributed by atoms with van der Waals surface area (Å²) in [6.45, 7) is 5.34. The lowest BCUT2D eigenvalue weighted by Crippen LogP contribution is -2.21. The van der Waals surface area contributed by atoms with Crippen LogP contribution in [-0.2, 0) is 4.79 Å². The molecule has 0 aliphatic rings. The van der Waals surface area contributed by atoms with Gasteiger partial charge in [0.05, 0.1) is 6.42 Å². The van der Waals surface area contributed by atoms with Crippen molar-refractivity contribution in [2.24, 2.45) is 5.41 Å². The van der Waals surface area contributed by atoms with Crippen LogP contribution in [0, 0.1) is 12.3 Å². The Kier molecular flexibility index (Phi) is 4.52. The highest BCUT2D eigenvalue weighted by atomic mass is 35.5. The quantitative estimate of drug-likeness (QED) is 0.828. The summed E-state index contributed by atoms with van der Waals surface area (Å²) in [7, 11) is 0. The van der Waals surface area contributed by atoms with Gasteiger partial charge in [0.25, 0.3) is 0 Å². The first kappa shape index (κ1) is 14.7. The molecule has 0 saturated carbocycles. The zero-order valence-corrected chi connectivity index (χ0v) is 11.5. The van der Waals surface area contributed by atoms with Crippen molar-refractivity contribution in [3.8, 4) is 0 Å². The van der Waals surface area contributed by atoms with Crippen LogP contribution in [0.4, 0.5) is 0 Å². The zero-order valence-electron chi connectivity index (χ0n) is 10.8. The second-order valence-corrected chi connectivity index (χ2v) is 5.65. The van der Waals surface area contributed by atoms with Crippen LogP contribution < -0.4 is 0 Å². The van der Waals surface area contributed by atoms with Crippen molar-refractivity contribution < 1.29 is 14.7 Å². The van der Waals surface area contributed by atoms with Gasteiger partial charge in [-0.05, 0) is 24.0 Å². The first-order valence-corrected chi connectivity index (χ1v) is 6.11. The van der Waals surface area contributed by atoms with Crippen LogP contribution in [-0.4, -0.2) is 16.9 Å². The zero-order chi connectivity index (χ0) is 13.9. The van der Waals surface area contributed by atoms with E-state index in [9.17, 15) is 9.59 Å². The van der Waals surface area contributed by atoms with Crippen molar-refractivity contribution in [3.63, 3.8) is 0 Å². The molecule has 1 N–H and O–H groups in total. The molecular formula is C14H17ClO3. The smallest absolute Gasteiger partial charge is 0.303 e. The molecule has 1 rings (SSSR count). The largest absolute Gasteiger partial charge is 0.481 e. The van der Waals surface area contributed by atoms with Gasteiger partial charge >= 0.3 is 5.97 Å². The lowest BCUT2D eigenvalue weighted by molar-refractivity contribution is -0.139. The Bertz CT molecular complexity index is 478. The predicted octanol–water partition coefficient (Wildman–Crippen LogP) is 3.72. The molecule has 0 radical (unpaired) electrons. The number of halogens is 1. The number of benzene rings is 1. The topological polar surface area (TPSA) is 54.4 Å². The predicted molar refractivity (Wildman–Crippen MR) is 71.2 cm³/mol. The summed E-state index contributed by atoms with van der Waals surface area (Å²) in [5.74, 6) is -0.961. The molecule has 0 amide bonds. The number of hydrogen-bond acceptors (Lipinski definition) is 2. The highest BCUT2D eigenvalue weighted by Gasteiger charge is 2.26. The van der Waals surface area contributed by atoms with Gasteiger partial charge in [-0.25, -0.2) is 0 Å². The van der Waals surface area contributed by atoms with Gasteiger partial charge < -0.3 is 5.11 Å². The van der Waals surface area contributed by atoms with Gasteiger partial charge in [0.15, 0.2) is 5.78 Å². The monoisotopic (exact) mass is 268 g/mol. The molecule has 0 unspecified atom stereocenters. The van der Waals surface area contributed by atoms with E-state index in [4.69, 9.17) is 16.7 Å². The Balaban J connectivity index is 2.89. The highest BCUT2D eigenvalue weighted by molar-refractivity contribution is 6.31. The maximum absolute atomic E-state index is 12.2. The van der Waals surface area contributed by atoms with Gasteiger partial charge in [-0.2, -0.15) is 0 Å². The molecule has 0 aliphatic heterocycles. The normalized spacial score (nSPS) is 11.3. The van der Waals surface area contributed by atoms with E-state index >= 15 is 0 Å². The van der Waals surface area contributed by atoms with Crippen LogP contribution >= 0.6 is 11.6 Å². The maximum Gasteiger partial charge on any atom is 0.303 e. The molecule has 0 bridgehead atoms. The lowest BCUT2D eigenvalue weighted by Gasteiger charge is -2.21. The molecule has 0 aromatic heterocycles. The number of rotatable bonds is 5. The van der Waals surface area contributed by atoms with E-state index in [2.05, 4.69) is 0 Å². The van der Waals surface area contributed by atoms with Crippen LogP contribution in [0.5, 0.6) is 0 Å². The third-order valence-corrected chi connectivity index (χ3v) is 3.25. The third kappa shape index (κ3) is 3.84. The molecule has 0 saturated heterocycles. The minimum absolute atomic E-state index is 0.0294. The summed E-state index contributed by atoms with van der Waals surface area (Å²) < 4.78 is 0. The summed E-state index contributed by atoms with van der Waals surface area (Å²) in [4.78, 5) is 22.9. The number of carboxylic acid groups (broad SMARTS) is 1. The molecule has 0 spiro atoms. The van der Waals surface area contributed by atoms with Crippen LogP contribution in [0.25, 0.3) is 0 Å². The second kappa shape index (κ2) is 5.53. The summed E-state index contributed by atoms with van der Waals surface area (Å²) in [6.07, 6.45) is 0.166. The van der Waals surface area contributed by atoms with E-state index in [-0.39, 0.29) is 18.6 Å². The van der Waals surface area contributed by atoms with Crippen molar-refractivity contribution >= 4 is 23.4 Å². The van der Waals surface area contributed by atoms with Gasteiger partial charge in [0, 0.05) is 17.0 Å². The van der Waals surface area contributed by atoms with Gasteiger partial charge in [-0.1, -0.05) is 37.6 Å². The second-order valence-electron chi connectivity index (χ2n) is 5.25. The van der Waals surface area contributed by atoms with Gasteiger partial charge in [-0.15, -0.1) is 0 Å². The first-order chi connectivity index (χ1) is 8.23. The molecule has 0 fully saturated rings. The van der Waals surface area contributed by atoms with Crippen molar-refractivity contribution in [1.29, 1.82) is 0 Å². The number of carboxylic acids is 1. The number of ketones is 1. The van der Waals surface area contributed by atoms with Crippen LogP contribution in [0.3, 0.4) is 0 Å². The Morgan fingerprint density at radius 2 is 1.89 bits per heavy atom. The molecule has 0 heterocycles. The van der Waals surface area contributed by atoms with E-state index in [1.54, 1.807) is 39.0 Å². The van der Waals surface area contributed by atoms with E-state index in [1.807, 2.05) is 0 Å². The Hall–Kier alpha value is -1.35. The fourth-order valence-corrected chi connectivity index (χ4v) is 2.09. The average Bonchev–Trinajstić information content (AvgIpc) is 2.18. The van der Waals surface area contributed by atoms with Gasteiger partial charge in [0.1, 0.15) is 0 Å². The van der Waals surface area contributed by atoms with Crippen LogP contribution in [0.1, 0.15) is 42.6 Å². The Labute approximate surface area is 112 Å². The molecule has 0 aliphatic carbocycles. The summed E-state index contributed by atoms with van der Waals surface area (Å²) in [5.41, 5.74) is 0.758.